The molecule has 0 aliphatic carbocycles. The van der Waals surface area contributed by atoms with Crippen molar-refractivity contribution in [3.05, 3.63) is 83.9 Å². The van der Waals surface area contributed by atoms with Crippen LogP contribution in [0.1, 0.15) is 22.8 Å². The number of anilines is 2. The van der Waals surface area contributed by atoms with Crippen molar-refractivity contribution in [1.82, 2.24) is 15.1 Å². The molecule has 1 fully saturated rings. The number of hydrogen-bond donors (Lipinski definition) is 1. The first-order chi connectivity index (χ1) is 19.5. The molecule has 0 spiro atoms. The molecule has 5 rings (SSSR count). The average molecular weight is 558 g/mol. The molecule has 10 heteroatoms. The van der Waals surface area contributed by atoms with Gasteiger partial charge >= 0.3 is 0 Å². The minimum atomic E-state index is -0.165. The second-order valence-electron chi connectivity index (χ2n) is 9.36. The van der Waals surface area contributed by atoms with Crippen LogP contribution in [0.5, 0.6) is 5.75 Å². The van der Waals surface area contributed by atoms with Crippen LogP contribution in [0.2, 0.25) is 0 Å². The minimum Gasteiger partial charge on any atom is -0.494 e. The first kappa shape index (κ1) is 27.3. The molecule has 4 aromatic rings. The first-order valence-electron chi connectivity index (χ1n) is 13.2. The SMILES string of the molecule is CCOc1ccc(-c2nnc(SCC(=O)Nc3ccc(N4CCN(C(=O)c5cccc(C)c5)CC4)cc3)o2)cc1. The van der Waals surface area contributed by atoms with Gasteiger partial charge in [0.25, 0.3) is 11.1 Å². The minimum absolute atomic E-state index is 0.0761. The van der Waals surface area contributed by atoms with Crippen molar-refractivity contribution in [2.45, 2.75) is 19.1 Å². The number of amides is 2. The number of benzene rings is 3. The fourth-order valence-electron chi connectivity index (χ4n) is 4.45. The van der Waals surface area contributed by atoms with E-state index in [-0.39, 0.29) is 17.6 Å². The van der Waals surface area contributed by atoms with Crippen molar-refractivity contribution >= 4 is 35.0 Å². The monoisotopic (exact) mass is 557 g/mol. The van der Waals surface area contributed by atoms with Gasteiger partial charge in [-0.15, -0.1) is 10.2 Å². The van der Waals surface area contributed by atoms with Crippen molar-refractivity contribution in [1.29, 1.82) is 0 Å². The number of nitrogens with zero attached hydrogens (tertiary/aromatic N) is 4. The lowest BCUT2D eigenvalue weighted by Crippen LogP contribution is -2.48. The molecule has 2 heterocycles. The van der Waals surface area contributed by atoms with Gasteiger partial charge < -0.3 is 24.3 Å². The molecule has 206 valence electrons. The van der Waals surface area contributed by atoms with Crippen LogP contribution in [-0.2, 0) is 4.79 Å². The fraction of sp³-hybridized carbons (Fsp3) is 0.267. The van der Waals surface area contributed by atoms with Crippen molar-refractivity contribution in [2.75, 3.05) is 48.8 Å². The Labute approximate surface area is 237 Å². The quantitative estimate of drug-likeness (QED) is 0.283. The number of carbonyl (C=O) groups is 2. The maximum atomic E-state index is 12.8. The van der Waals surface area contributed by atoms with Crippen molar-refractivity contribution < 1.29 is 18.7 Å². The van der Waals surface area contributed by atoms with E-state index in [0.717, 1.165) is 41.2 Å². The Kier molecular flexibility index (Phi) is 8.65. The van der Waals surface area contributed by atoms with Crippen LogP contribution in [0, 0.1) is 6.92 Å². The van der Waals surface area contributed by atoms with E-state index in [0.29, 0.717) is 36.5 Å². The number of nitrogens with one attached hydrogen (secondary N) is 1. The molecule has 1 aliphatic heterocycles. The van der Waals surface area contributed by atoms with Gasteiger partial charge in [-0.05, 0) is 74.5 Å². The van der Waals surface area contributed by atoms with Gasteiger partial charge in [-0.3, -0.25) is 9.59 Å². The third-order valence-corrected chi connectivity index (χ3v) is 7.31. The number of ether oxygens (including phenoxy) is 1. The standard InChI is InChI=1S/C30H31N5O4S/c1-3-38-26-13-7-22(8-14-26)28-32-33-30(39-28)40-20-27(36)31-24-9-11-25(12-10-24)34-15-17-35(18-16-34)29(37)23-6-4-5-21(2)19-23/h4-14,19H,3,15-18,20H2,1-2H3,(H,31,36). The lowest BCUT2D eigenvalue weighted by Gasteiger charge is -2.36. The zero-order valence-electron chi connectivity index (χ0n) is 22.5. The predicted molar refractivity (Wildman–Crippen MR) is 156 cm³/mol. The highest BCUT2D eigenvalue weighted by Gasteiger charge is 2.22. The normalized spacial score (nSPS) is 13.2. The van der Waals surface area contributed by atoms with Gasteiger partial charge in [0.15, 0.2) is 0 Å². The summed E-state index contributed by atoms with van der Waals surface area (Å²) in [5.41, 5.74) is 4.37. The Morgan fingerprint density at radius 1 is 0.975 bits per heavy atom. The molecule has 2 amide bonds. The molecular formula is C30H31N5O4S. The van der Waals surface area contributed by atoms with Gasteiger partial charge in [0.1, 0.15) is 5.75 Å². The van der Waals surface area contributed by atoms with E-state index in [4.69, 9.17) is 9.15 Å². The lowest BCUT2D eigenvalue weighted by molar-refractivity contribution is -0.113. The van der Waals surface area contributed by atoms with Crippen LogP contribution in [0.3, 0.4) is 0 Å². The summed E-state index contributed by atoms with van der Waals surface area (Å²) >= 11 is 1.18. The molecule has 1 aliphatic rings. The van der Waals surface area contributed by atoms with Crippen molar-refractivity contribution in [2.24, 2.45) is 0 Å². The van der Waals surface area contributed by atoms with Gasteiger partial charge in [0.05, 0.1) is 12.4 Å². The topological polar surface area (TPSA) is 101 Å². The van der Waals surface area contributed by atoms with E-state index in [1.165, 1.54) is 11.8 Å². The molecule has 1 N–H and O–H groups in total. The maximum Gasteiger partial charge on any atom is 0.277 e. The highest BCUT2D eigenvalue weighted by atomic mass is 32.2. The van der Waals surface area contributed by atoms with Crippen LogP contribution in [0.4, 0.5) is 11.4 Å². The third-order valence-electron chi connectivity index (χ3n) is 6.49. The van der Waals surface area contributed by atoms with Crippen molar-refractivity contribution in [3.63, 3.8) is 0 Å². The van der Waals surface area contributed by atoms with E-state index in [9.17, 15) is 9.59 Å². The van der Waals surface area contributed by atoms with Gasteiger partial charge in [-0.2, -0.15) is 0 Å². The number of thioether (sulfide) groups is 1. The van der Waals surface area contributed by atoms with E-state index in [1.54, 1.807) is 0 Å². The summed E-state index contributed by atoms with van der Waals surface area (Å²) in [5.74, 6) is 1.22. The van der Waals surface area contributed by atoms with Gasteiger partial charge in [-0.25, -0.2) is 0 Å². The van der Waals surface area contributed by atoms with Crippen LogP contribution in [0.25, 0.3) is 11.5 Å². The number of carbonyl (C=O) groups excluding carboxylic acids is 2. The van der Waals surface area contributed by atoms with E-state index >= 15 is 0 Å². The Balaban J connectivity index is 1.08. The Morgan fingerprint density at radius 3 is 2.42 bits per heavy atom. The Hall–Kier alpha value is -4.31. The molecule has 1 aromatic heterocycles. The summed E-state index contributed by atoms with van der Waals surface area (Å²) in [6.07, 6.45) is 0. The highest BCUT2D eigenvalue weighted by molar-refractivity contribution is 7.99. The molecule has 0 atom stereocenters. The van der Waals surface area contributed by atoms with E-state index < -0.39 is 0 Å². The molecule has 40 heavy (non-hydrogen) atoms. The van der Waals surface area contributed by atoms with E-state index in [1.807, 2.05) is 91.5 Å². The summed E-state index contributed by atoms with van der Waals surface area (Å²) < 4.78 is 11.1. The second-order valence-corrected chi connectivity index (χ2v) is 10.3. The molecule has 0 bridgehead atoms. The number of rotatable bonds is 9. The third kappa shape index (κ3) is 6.81. The average Bonchev–Trinajstić information content (AvgIpc) is 3.46. The molecule has 3 aromatic carbocycles. The highest BCUT2D eigenvalue weighted by Crippen LogP contribution is 2.26. The Bertz CT molecular complexity index is 1450. The number of aromatic nitrogens is 2. The molecule has 0 unspecified atom stereocenters. The fourth-order valence-corrected chi connectivity index (χ4v) is 5.02. The summed E-state index contributed by atoms with van der Waals surface area (Å²) in [4.78, 5) is 29.5. The number of aryl methyl sites for hydroxylation is 1. The summed E-state index contributed by atoms with van der Waals surface area (Å²) in [5, 5.41) is 11.3. The van der Waals surface area contributed by atoms with Crippen LogP contribution in [-0.4, -0.2) is 65.5 Å². The lowest BCUT2D eigenvalue weighted by atomic mass is 10.1. The van der Waals surface area contributed by atoms with Crippen LogP contribution >= 0.6 is 11.8 Å². The Morgan fingerprint density at radius 2 is 1.73 bits per heavy atom. The summed E-state index contributed by atoms with van der Waals surface area (Å²) in [7, 11) is 0. The molecule has 9 nitrogen and oxygen atoms in total. The second kappa shape index (κ2) is 12.7. The van der Waals surface area contributed by atoms with Crippen molar-refractivity contribution in [3.8, 4) is 17.2 Å². The van der Waals surface area contributed by atoms with E-state index in [2.05, 4.69) is 20.4 Å². The van der Waals surface area contributed by atoms with Crippen LogP contribution in [0.15, 0.2) is 82.4 Å². The molecular weight excluding hydrogens is 526 g/mol. The largest absolute Gasteiger partial charge is 0.494 e. The smallest absolute Gasteiger partial charge is 0.277 e. The van der Waals surface area contributed by atoms with Gasteiger partial charge in [0, 0.05) is 48.7 Å². The predicted octanol–water partition coefficient (Wildman–Crippen LogP) is 5.14. The molecule has 0 saturated carbocycles. The van der Waals surface area contributed by atoms with Gasteiger partial charge in [-0.1, -0.05) is 29.5 Å². The number of piperazine rings is 1. The first-order valence-corrected chi connectivity index (χ1v) is 14.2. The zero-order valence-corrected chi connectivity index (χ0v) is 23.3. The zero-order chi connectivity index (χ0) is 27.9. The maximum absolute atomic E-state index is 12.8. The summed E-state index contributed by atoms with van der Waals surface area (Å²) in [6.45, 7) is 7.36. The molecule has 0 radical (unpaired) electrons. The number of hydrogen-bond acceptors (Lipinski definition) is 8. The van der Waals surface area contributed by atoms with Gasteiger partial charge in [0.2, 0.25) is 11.8 Å². The van der Waals surface area contributed by atoms with Crippen LogP contribution < -0.4 is 15.0 Å². The molecule has 1 saturated heterocycles. The summed E-state index contributed by atoms with van der Waals surface area (Å²) in [6, 6.07) is 22.9.